The van der Waals surface area contributed by atoms with Crippen LogP contribution in [0.5, 0.6) is 0 Å². The van der Waals surface area contributed by atoms with Crippen molar-refractivity contribution in [1.82, 2.24) is 20.2 Å². The molecule has 2 N–H and O–H groups in total. The Kier molecular flexibility index (Phi) is 30.7. The number of nitrogens with zero attached hydrogens (tertiary/aromatic N) is 4. The minimum absolute atomic E-state index is 0.0307. The lowest BCUT2D eigenvalue weighted by atomic mass is 9.89. The van der Waals surface area contributed by atoms with Crippen LogP contribution >= 0.6 is 7.37 Å². The summed E-state index contributed by atoms with van der Waals surface area (Å²) in [6, 6.07) is 0.366. The maximum Gasteiger partial charge on any atom is 0.314 e. The Hall–Kier alpha value is -1.47. The van der Waals surface area contributed by atoms with E-state index in [1.165, 1.54) is 0 Å². The first kappa shape index (κ1) is 51.4. The fourth-order valence-corrected chi connectivity index (χ4v) is 3.51. The van der Waals surface area contributed by atoms with E-state index in [1.54, 1.807) is 45.1 Å². The summed E-state index contributed by atoms with van der Waals surface area (Å²) in [5, 5.41) is 27.9. The molecule has 0 radical (unpaired) electrons. The van der Waals surface area contributed by atoms with Crippen molar-refractivity contribution in [3.8, 4) is 0 Å². The predicted octanol–water partition coefficient (Wildman–Crippen LogP) is 6.18. The minimum atomic E-state index is -2.22. The van der Waals surface area contributed by atoms with E-state index >= 15 is 0 Å². The largest absolute Gasteiger partial charge is 0.462 e. The third-order valence-electron chi connectivity index (χ3n) is 4.92. The van der Waals surface area contributed by atoms with Crippen molar-refractivity contribution in [2.24, 2.45) is 5.41 Å². The number of esters is 1. The van der Waals surface area contributed by atoms with E-state index in [9.17, 15) is 9.36 Å². The molecule has 14 heteroatoms. The molecule has 0 aliphatic rings. The average molecular weight is 687 g/mol. The Morgan fingerprint density at radius 3 is 1.57 bits per heavy atom. The first-order valence-corrected chi connectivity index (χ1v) is 18.6. The van der Waals surface area contributed by atoms with Crippen molar-refractivity contribution in [1.29, 1.82) is 0 Å². The summed E-state index contributed by atoms with van der Waals surface area (Å²) in [6.45, 7) is 34.7. The first-order valence-electron chi connectivity index (χ1n) is 16.0. The Labute approximate surface area is 280 Å². The molecule has 1 atom stereocenters. The lowest BCUT2D eigenvalue weighted by Gasteiger charge is -2.24. The van der Waals surface area contributed by atoms with Crippen LogP contribution in [0.15, 0.2) is 6.33 Å². The number of hydrogen-bond donors (Lipinski definition) is 2. The number of rotatable bonds is 13. The van der Waals surface area contributed by atoms with E-state index in [1.807, 2.05) is 83.1 Å². The molecule has 0 saturated carbocycles. The number of aromatic nitrogens is 4. The Bertz CT molecular complexity index is 860. The van der Waals surface area contributed by atoms with Gasteiger partial charge in [0, 0.05) is 26.0 Å². The highest BCUT2D eigenvalue weighted by Crippen LogP contribution is 2.38. The molecule has 0 spiro atoms. The molecule has 1 rings (SSSR count). The summed E-state index contributed by atoms with van der Waals surface area (Å²) >= 11 is 0. The zero-order valence-electron chi connectivity index (χ0n) is 32.2. The SMILES string of the molecule is CC(C)(C)OCCO.CC(C)OP(C)(C)=O.CC(C)n1cnnn1.CCC(C)(CO)C(=O)OC(C)C.CCOCCOC(C)(C)C. The molecule has 0 fully saturated rings. The van der Waals surface area contributed by atoms with E-state index in [4.69, 9.17) is 33.7 Å². The van der Waals surface area contributed by atoms with Gasteiger partial charge in [-0.25, -0.2) is 4.68 Å². The van der Waals surface area contributed by atoms with E-state index in [0.29, 0.717) is 32.3 Å². The van der Waals surface area contributed by atoms with Gasteiger partial charge < -0.3 is 33.7 Å². The van der Waals surface area contributed by atoms with E-state index < -0.39 is 12.8 Å². The van der Waals surface area contributed by atoms with Gasteiger partial charge in [-0.05, 0) is 114 Å². The molecule has 1 aromatic rings. The number of hydrogen-bond acceptors (Lipinski definition) is 12. The van der Waals surface area contributed by atoms with Crippen LogP contribution in [-0.4, -0.2) is 113 Å². The molecule has 13 nitrogen and oxygen atoms in total. The number of carbonyl (C=O) groups excluding carboxylic acids is 1. The molecular weight excluding hydrogens is 615 g/mol. The van der Waals surface area contributed by atoms with Gasteiger partial charge >= 0.3 is 5.97 Å². The fraction of sp³-hybridized carbons (Fsp3) is 0.938. The molecule has 1 aromatic heterocycles. The maximum absolute atomic E-state index is 11.4. The highest BCUT2D eigenvalue weighted by atomic mass is 31.2. The van der Waals surface area contributed by atoms with Gasteiger partial charge in [0.1, 0.15) is 6.33 Å². The zero-order valence-corrected chi connectivity index (χ0v) is 33.1. The van der Waals surface area contributed by atoms with E-state index in [2.05, 4.69) is 15.5 Å². The molecule has 0 aromatic carbocycles. The highest BCUT2D eigenvalue weighted by molar-refractivity contribution is 7.57. The Morgan fingerprint density at radius 2 is 1.35 bits per heavy atom. The van der Waals surface area contributed by atoms with Crippen molar-refractivity contribution in [3.63, 3.8) is 0 Å². The minimum Gasteiger partial charge on any atom is -0.462 e. The van der Waals surface area contributed by atoms with Gasteiger partial charge in [-0.2, -0.15) is 0 Å². The zero-order chi connectivity index (χ0) is 37.2. The molecule has 0 saturated heterocycles. The van der Waals surface area contributed by atoms with Crippen LogP contribution in [-0.2, 0) is 32.8 Å². The second-order valence-electron chi connectivity index (χ2n) is 13.7. The molecule has 1 heterocycles. The summed E-state index contributed by atoms with van der Waals surface area (Å²) in [5.74, 6) is -0.317. The molecule has 46 heavy (non-hydrogen) atoms. The third kappa shape index (κ3) is 40.6. The standard InChI is InChI=1S/C9H18O3.C8H18O2.C6H14O2.C5H13O2P.C4H8N4/c1-5-9(4,6-10)8(11)12-7(2)3;1-5-9-6-7-10-8(2,3)4;1-6(2,3)8-5-4-7;1-5(2)7-8(3,4)6;1-4(2)8-3-5-6-7-8/h7,10H,5-6H2,1-4H3;5-7H2,1-4H3;7H,4-5H2,1-3H3;5H,1-4H3;3-4H,1-2H3. The van der Waals surface area contributed by atoms with Gasteiger partial charge in [0.25, 0.3) is 0 Å². The number of tetrazole rings is 1. The summed E-state index contributed by atoms with van der Waals surface area (Å²) in [5.41, 5.74) is -0.871. The summed E-state index contributed by atoms with van der Waals surface area (Å²) < 4.78 is 38.1. The second kappa shape index (κ2) is 27.5. The number of ether oxygens (including phenoxy) is 4. The topological polar surface area (TPSA) is 164 Å². The second-order valence-corrected chi connectivity index (χ2v) is 16.4. The molecule has 0 bridgehead atoms. The molecule has 1 unspecified atom stereocenters. The summed E-state index contributed by atoms with van der Waals surface area (Å²) in [7, 11) is -2.22. The molecule has 278 valence electrons. The highest BCUT2D eigenvalue weighted by Gasteiger charge is 2.32. The van der Waals surface area contributed by atoms with E-state index in [-0.39, 0.29) is 42.6 Å². The van der Waals surface area contributed by atoms with Crippen molar-refractivity contribution in [2.75, 3.05) is 53.0 Å². The quantitative estimate of drug-likeness (QED) is 0.138. The van der Waals surface area contributed by atoms with Crippen LogP contribution in [0.25, 0.3) is 0 Å². The summed E-state index contributed by atoms with van der Waals surface area (Å²) in [6.07, 6.45) is 2.16. The smallest absolute Gasteiger partial charge is 0.314 e. The van der Waals surface area contributed by atoms with Gasteiger partial charge in [-0.3, -0.25) is 9.36 Å². The van der Waals surface area contributed by atoms with E-state index in [0.717, 1.165) is 6.61 Å². The van der Waals surface area contributed by atoms with Crippen LogP contribution in [0.1, 0.15) is 116 Å². The van der Waals surface area contributed by atoms with Crippen LogP contribution in [0.2, 0.25) is 0 Å². The lowest BCUT2D eigenvalue weighted by Crippen LogP contribution is -2.34. The average Bonchev–Trinajstić information content (AvgIpc) is 3.44. The molecule has 0 amide bonds. The van der Waals surface area contributed by atoms with Crippen molar-refractivity contribution < 1.29 is 43.0 Å². The van der Waals surface area contributed by atoms with Crippen molar-refractivity contribution in [3.05, 3.63) is 6.33 Å². The van der Waals surface area contributed by atoms with Gasteiger partial charge in [0.05, 0.1) is 61.9 Å². The molecule has 0 aliphatic heterocycles. The number of aliphatic hydroxyl groups excluding tert-OH is 2. The van der Waals surface area contributed by atoms with Gasteiger partial charge in [0.15, 0.2) is 7.37 Å². The maximum atomic E-state index is 11.4. The Morgan fingerprint density at radius 1 is 0.848 bits per heavy atom. The van der Waals surface area contributed by atoms with Crippen molar-refractivity contribution in [2.45, 2.75) is 140 Å². The molecule has 0 aliphatic carbocycles. The lowest BCUT2D eigenvalue weighted by molar-refractivity contribution is -0.161. The number of carbonyl (C=O) groups is 1. The van der Waals surface area contributed by atoms with Crippen LogP contribution < -0.4 is 0 Å². The normalized spacial score (nSPS) is 12.8. The van der Waals surface area contributed by atoms with Crippen molar-refractivity contribution >= 4 is 13.3 Å². The number of aliphatic hydroxyl groups is 2. The molecular formula is C32H71N4O9P. The van der Waals surface area contributed by atoms with Crippen LogP contribution in [0, 0.1) is 5.41 Å². The van der Waals surface area contributed by atoms with Gasteiger partial charge in [-0.1, -0.05) is 6.92 Å². The van der Waals surface area contributed by atoms with Gasteiger partial charge in [-0.15, -0.1) is 5.10 Å². The predicted molar refractivity (Wildman–Crippen MR) is 186 cm³/mol. The Balaban J connectivity index is -0.000000242. The fourth-order valence-electron chi connectivity index (χ4n) is 2.49. The third-order valence-corrected chi connectivity index (χ3v) is 5.85. The van der Waals surface area contributed by atoms with Crippen LogP contribution in [0.3, 0.4) is 0 Å². The monoisotopic (exact) mass is 686 g/mol. The first-order chi connectivity index (χ1) is 20.8. The van der Waals surface area contributed by atoms with Crippen LogP contribution in [0.4, 0.5) is 0 Å². The summed E-state index contributed by atoms with van der Waals surface area (Å²) in [4.78, 5) is 11.4. The van der Waals surface area contributed by atoms with Gasteiger partial charge in [0.2, 0.25) is 0 Å².